The molecule has 0 radical (unpaired) electrons. The van der Waals surface area contributed by atoms with Gasteiger partial charge in [-0.2, -0.15) is 31.8 Å². The monoisotopic (exact) mass is 345 g/mol. The fraction of sp³-hybridized carbons (Fsp3) is 0.308. The Hall–Kier alpha value is -2.23. The van der Waals surface area contributed by atoms with Crippen LogP contribution >= 0.6 is 13.5 Å². The average molecular weight is 345 g/mol. The van der Waals surface area contributed by atoms with Crippen LogP contribution in [-0.2, 0) is 6.18 Å². The molecule has 1 aliphatic rings. The molecule has 2 aromatic rings. The van der Waals surface area contributed by atoms with E-state index in [1.54, 1.807) is 0 Å². The van der Waals surface area contributed by atoms with Gasteiger partial charge in [0.2, 0.25) is 0 Å². The summed E-state index contributed by atoms with van der Waals surface area (Å²) >= 11 is 0. The van der Waals surface area contributed by atoms with Crippen molar-refractivity contribution in [3.63, 3.8) is 0 Å². The quantitative estimate of drug-likeness (QED) is 0.860. The zero-order chi connectivity index (χ0) is 16.1. The number of nitrogen functional groups attached to an aromatic ring is 1. The number of nitrogens with zero attached hydrogens (tertiary/aromatic N) is 4. The van der Waals surface area contributed by atoms with Crippen molar-refractivity contribution in [2.45, 2.75) is 19.1 Å². The molecule has 0 aromatic carbocycles. The Morgan fingerprint density at radius 2 is 2.00 bits per heavy atom. The molecule has 0 saturated carbocycles. The molecule has 0 saturated heterocycles. The summed E-state index contributed by atoms with van der Waals surface area (Å²) in [5.74, 6) is -0.281. The van der Waals surface area contributed by atoms with Gasteiger partial charge in [0.25, 0.3) is 5.91 Å². The lowest BCUT2D eigenvalue weighted by Crippen LogP contribution is -2.43. The standard InChI is InChI=1S/C13H12F3N5O.H2S/c1-7-6-20(12(22)11-9(17)5-19-21(7)11)10-3-2-8(4-18-10)13(14,15)16;/h2-5,7H,6,17H2,1H3;1H2/t7-;/m0./s1. The van der Waals surface area contributed by atoms with Crippen molar-refractivity contribution >= 4 is 30.9 Å². The summed E-state index contributed by atoms with van der Waals surface area (Å²) in [6.45, 7) is 2.09. The first-order valence-electron chi connectivity index (χ1n) is 6.47. The van der Waals surface area contributed by atoms with E-state index in [0.717, 1.165) is 6.07 Å². The Kier molecular flexibility index (Phi) is 4.29. The summed E-state index contributed by atoms with van der Waals surface area (Å²) in [4.78, 5) is 17.5. The molecule has 0 fully saturated rings. The molecular formula is C13H14F3N5OS. The molecule has 0 bridgehead atoms. The van der Waals surface area contributed by atoms with E-state index < -0.39 is 17.6 Å². The summed E-state index contributed by atoms with van der Waals surface area (Å²) in [7, 11) is 0. The smallest absolute Gasteiger partial charge is 0.396 e. The lowest BCUT2D eigenvalue weighted by Gasteiger charge is -2.31. The van der Waals surface area contributed by atoms with Gasteiger partial charge in [0, 0.05) is 12.7 Å². The molecule has 1 amide bonds. The molecule has 1 atom stereocenters. The second-order valence-electron chi connectivity index (χ2n) is 5.06. The van der Waals surface area contributed by atoms with Crippen LogP contribution in [-0.4, -0.2) is 27.2 Å². The molecule has 2 N–H and O–H groups in total. The number of carbonyl (C=O) groups is 1. The second kappa shape index (κ2) is 5.76. The van der Waals surface area contributed by atoms with Gasteiger partial charge in [0.15, 0.2) is 0 Å². The number of hydrogen-bond donors (Lipinski definition) is 1. The molecule has 124 valence electrons. The van der Waals surface area contributed by atoms with Crippen molar-refractivity contribution in [3.05, 3.63) is 35.8 Å². The first-order chi connectivity index (χ1) is 10.3. The highest BCUT2D eigenvalue weighted by molar-refractivity contribution is 7.59. The number of nitrogens with two attached hydrogens (primary N) is 1. The molecule has 0 spiro atoms. The van der Waals surface area contributed by atoms with Crippen molar-refractivity contribution in [1.29, 1.82) is 0 Å². The van der Waals surface area contributed by atoms with Crippen LogP contribution in [0.3, 0.4) is 0 Å². The molecular weight excluding hydrogens is 331 g/mol. The van der Waals surface area contributed by atoms with Crippen LogP contribution in [0.2, 0.25) is 0 Å². The fourth-order valence-electron chi connectivity index (χ4n) is 2.39. The third kappa shape index (κ3) is 2.85. The van der Waals surface area contributed by atoms with Crippen LogP contribution in [0.5, 0.6) is 0 Å². The lowest BCUT2D eigenvalue weighted by atomic mass is 10.2. The number of rotatable bonds is 1. The molecule has 1 aliphatic heterocycles. The minimum absolute atomic E-state index is 0. The third-order valence-corrected chi connectivity index (χ3v) is 3.49. The Balaban J connectivity index is 0.00000192. The first-order valence-corrected chi connectivity index (χ1v) is 6.47. The van der Waals surface area contributed by atoms with Crippen LogP contribution < -0.4 is 10.6 Å². The zero-order valence-electron chi connectivity index (χ0n) is 12.0. The second-order valence-corrected chi connectivity index (χ2v) is 5.06. The van der Waals surface area contributed by atoms with Crippen molar-refractivity contribution in [1.82, 2.24) is 14.8 Å². The minimum atomic E-state index is -4.46. The SMILES string of the molecule is C[C@H]1CN(c2ccc(C(F)(F)F)cn2)C(=O)c2c(N)cnn21.S. The van der Waals surface area contributed by atoms with Crippen molar-refractivity contribution in [2.75, 3.05) is 17.2 Å². The minimum Gasteiger partial charge on any atom is -0.396 e. The molecule has 2 aromatic heterocycles. The summed E-state index contributed by atoms with van der Waals surface area (Å²) in [5.41, 5.74) is 5.33. The Morgan fingerprint density at radius 1 is 1.30 bits per heavy atom. The predicted octanol–water partition coefficient (Wildman–Crippen LogP) is 2.21. The number of pyridine rings is 1. The largest absolute Gasteiger partial charge is 0.417 e. The summed E-state index contributed by atoms with van der Waals surface area (Å²) in [6.07, 6.45) is -2.37. The Labute approximate surface area is 136 Å². The highest BCUT2D eigenvalue weighted by Crippen LogP contribution is 2.31. The fourth-order valence-corrected chi connectivity index (χ4v) is 2.39. The number of halogens is 3. The summed E-state index contributed by atoms with van der Waals surface area (Å²) in [5, 5.41) is 4.04. The van der Waals surface area contributed by atoms with Crippen LogP contribution in [0.15, 0.2) is 24.5 Å². The maximum absolute atomic E-state index is 12.6. The topological polar surface area (TPSA) is 77.0 Å². The van der Waals surface area contributed by atoms with Gasteiger partial charge in [-0.1, -0.05) is 0 Å². The normalized spacial score (nSPS) is 17.7. The summed E-state index contributed by atoms with van der Waals surface area (Å²) in [6, 6.07) is 1.92. The molecule has 0 aliphatic carbocycles. The van der Waals surface area contributed by atoms with Gasteiger partial charge in [0.05, 0.1) is 23.5 Å². The van der Waals surface area contributed by atoms with Gasteiger partial charge in [-0.3, -0.25) is 14.4 Å². The molecule has 10 heteroatoms. The van der Waals surface area contributed by atoms with E-state index in [-0.39, 0.29) is 43.3 Å². The molecule has 6 nitrogen and oxygen atoms in total. The van der Waals surface area contributed by atoms with E-state index in [9.17, 15) is 18.0 Å². The van der Waals surface area contributed by atoms with E-state index in [1.807, 2.05) is 6.92 Å². The van der Waals surface area contributed by atoms with Crippen LogP contribution in [0.25, 0.3) is 0 Å². The lowest BCUT2D eigenvalue weighted by molar-refractivity contribution is -0.137. The number of fused-ring (bicyclic) bond motifs is 1. The van der Waals surface area contributed by atoms with Gasteiger partial charge in [0.1, 0.15) is 11.5 Å². The number of alkyl halides is 3. The Morgan fingerprint density at radius 3 is 2.57 bits per heavy atom. The summed E-state index contributed by atoms with van der Waals surface area (Å²) < 4.78 is 39.2. The maximum Gasteiger partial charge on any atom is 0.417 e. The zero-order valence-corrected chi connectivity index (χ0v) is 13.0. The van der Waals surface area contributed by atoms with Crippen molar-refractivity contribution in [2.24, 2.45) is 0 Å². The number of aromatic nitrogens is 3. The van der Waals surface area contributed by atoms with Crippen molar-refractivity contribution in [3.8, 4) is 0 Å². The van der Waals surface area contributed by atoms with Gasteiger partial charge >= 0.3 is 6.18 Å². The van der Waals surface area contributed by atoms with E-state index in [2.05, 4.69) is 10.1 Å². The first kappa shape index (κ1) is 17.1. The van der Waals surface area contributed by atoms with Crippen LogP contribution in [0, 0.1) is 0 Å². The van der Waals surface area contributed by atoms with Crippen LogP contribution in [0.4, 0.5) is 24.7 Å². The van der Waals surface area contributed by atoms with E-state index >= 15 is 0 Å². The van der Waals surface area contributed by atoms with Gasteiger partial charge < -0.3 is 5.73 Å². The number of carbonyl (C=O) groups excluding carboxylic acids is 1. The molecule has 3 rings (SSSR count). The van der Waals surface area contributed by atoms with E-state index in [4.69, 9.17) is 5.73 Å². The van der Waals surface area contributed by atoms with Crippen LogP contribution in [0.1, 0.15) is 29.0 Å². The predicted molar refractivity (Wildman–Crippen MR) is 82.6 cm³/mol. The number of amides is 1. The molecule has 3 heterocycles. The number of hydrogen-bond acceptors (Lipinski definition) is 4. The van der Waals surface area contributed by atoms with Gasteiger partial charge in [-0.05, 0) is 19.1 Å². The molecule has 23 heavy (non-hydrogen) atoms. The number of anilines is 2. The van der Waals surface area contributed by atoms with E-state index in [1.165, 1.54) is 21.8 Å². The Bertz CT molecular complexity index is 728. The highest BCUT2D eigenvalue weighted by atomic mass is 32.1. The average Bonchev–Trinajstić information content (AvgIpc) is 2.85. The van der Waals surface area contributed by atoms with E-state index in [0.29, 0.717) is 6.20 Å². The van der Waals surface area contributed by atoms with Gasteiger partial charge in [-0.25, -0.2) is 4.98 Å². The third-order valence-electron chi connectivity index (χ3n) is 3.49. The maximum atomic E-state index is 12.6. The highest BCUT2D eigenvalue weighted by Gasteiger charge is 2.35. The molecule has 0 unspecified atom stereocenters. The van der Waals surface area contributed by atoms with Gasteiger partial charge in [-0.15, -0.1) is 0 Å². The van der Waals surface area contributed by atoms with Crippen molar-refractivity contribution < 1.29 is 18.0 Å².